The van der Waals surface area contributed by atoms with Gasteiger partial charge in [0.2, 0.25) is 0 Å². The van der Waals surface area contributed by atoms with E-state index in [-0.39, 0.29) is 12.0 Å². The van der Waals surface area contributed by atoms with Gasteiger partial charge in [-0.3, -0.25) is 0 Å². The summed E-state index contributed by atoms with van der Waals surface area (Å²) in [5.41, 5.74) is 0. The number of carboxylic acid groups (broad SMARTS) is 1. The van der Waals surface area contributed by atoms with Gasteiger partial charge in [0, 0.05) is 13.5 Å². The van der Waals surface area contributed by atoms with Gasteiger partial charge >= 0.3 is 5.97 Å². The molecule has 1 aliphatic heterocycles. The molecule has 0 radical (unpaired) electrons. The van der Waals surface area contributed by atoms with E-state index in [1.165, 1.54) is 7.11 Å². The summed E-state index contributed by atoms with van der Waals surface area (Å²) in [6, 6.07) is 0. The van der Waals surface area contributed by atoms with Gasteiger partial charge in [0.25, 0.3) is 5.79 Å². The monoisotopic (exact) mass is 272 g/mol. The van der Waals surface area contributed by atoms with Gasteiger partial charge in [-0.15, -0.1) is 0 Å². The second-order valence-corrected chi connectivity index (χ2v) is 6.13. The predicted octanol–water partition coefficient (Wildman–Crippen LogP) is 3.16. The molecule has 1 heterocycles. The Hall–Kier alpha value is -0.610. The van der Waals surface area contributed by atoms with Gasteiger partial charge in [0.1, 0.15) is 0 Å². The third kappa shape index (κ3) is 3.11. The number of rotatable bonds is 5. The van der Waals surface area contributed by atoms with Crippen molar-refractivity contribution in [2.45, 2.75) is 59.4 Å². The second kappa shape index (κ2) is 6.23. The van der Waals surface area contributed by atoms with Crippen LogP contribution in [0.4, 0.5) is 0 Å². The zero-order valence-electron chi connectivity index (χ0n) is 13.0. The molecule has 1 N–H and O–H groups in total. The van der Waals surface area contributed by atoms with Crippen LogP contribution in [0.5, 0.6) is 0 Å². The number of hydrogen-bond acceptors (Lipinski definition) is 3. The zero-order chi connectivity index (χ0) is 14.8. The standard InChI is InChI=1S/C15H28O4/c1-7-9(2)11(4)13-12(5)10(3)8-15(18-6,19-13)14(16)17/h9-13H,7-8H2,1-6H3,(H,16,17)/t9-,10?,11-,12?,13?,15?/m1/s1. The van der Waals surface area contributed by atoms with Crippen molar-refractivity contribution in [3.05, 3.63) is 0 Å². The van der Waals surface area contributed by atoms with Crippen LogP contribution in [0.3, 0.4) is 0 Å². The number of methoxy groups -OCH3 is 1. The molecule has 1 fully saturated rings. The van der Waals surface area contributed by atoms with Crippen LogP contribution in [0, 0.1) is 23.7 Å². The van der Waals surface area contributed by atoms with E-state index in [1.54, 1.807) is 0 Å². The Labute approximate surface area is 116 Å². The minimum absolute atomic E-state index is 0.0743. The zero-order valence-corrected chi connectivity index (χ0v) is 13.0. The van der Waals surface area contributed by atoms with Crippen molar-refractivity contribution in [3.63, 3.8) is 0 Å². The molecule has 0 amide bonds. The Morgan fingerprint density at radius 1 is 1.47 bits per heavy atom. The molecule has 0 aromatic heterocycles. The van der Waals surface area contributed by atoms with Crippen LogP contribution in [-0.4, -0.2) is 30.1 Å². The molecule has 4 heteroatoms. The topological polar surface area (TPSA) is 55.8 Å². The molecule has 6 atom stereocenters. The lowest BCUT2D eigenvalue weighted by atomic mass is 9.74. The van der Waals surface area contributed by atoms with Crippen LogP contribution in [0.1, 0.15) is 47.5 Å². The second-order valence-electron chi connectivity index (χ2n) is 6.13. The third-order valence-corrected chi connectivity index (χ3v) is 5.05. The van der Waals surface area contributed by atoms with Crippen molar-refractivity contribution in [3.8, 4) is 0 Å². The lowest BCUT2D eigenvalue weighted by Crippen LogP contribution is -2.56. The Kier molecular flexibility index (Phi) is 5.39. The van der Waals surface area contributed by atoms with E-state index in [9.17, 15) is 9.90 Å². The van der Waals surface area contributed by atoms with E-state index in [2.05, 4.69) is 34.6 Å². The van der Waals surface area contributed by atoms with Crippen molar-refractivity contribution in [2.24, 2.45) is 23.7 Å². The molecule has 112 valence electrons. The Bertz CT molecular complexity index is 317. The van der Waals surface area contributed by atoms with Gasteiger partial charge in [-0.25, -0.2) is 4.79 Å². The lowest BCUT2D eigenvalue weighted by Gasteiger charge is -2.46. The highest BCUT2D eigenvalue weighted by molar-refractivity contribution is 5.75. The molecular weight excluding hydrogens is 244 g/mol. The van der Waals surface area contributed by atoms with Gasteiger partial charge in [-0.2, -0.15) is 0 Å². The molecule has 1 saturated heterocycles. The Morgan fingerprint density at radius 2 is 2.05 bits per heavy atom. The summed E-state index contributed by atoms with van der Waals surface area (Å²) >= 11 is 0. The summed E-state index contributed by atoms with van der Waals surface area (Å²) in [5, 5.41) is 9.44. The van der Waals surface area contributed by atoms with Crippen LogP contribution in [0.15, 0.2) is 0 Å². The average molecular weight is 272 g/mol. The van der Waals surface area contributed by atoms with E-state index in [1.807, 2.05) is 0 Å². The highest BCUT2D eigenvalue weighted by Crippen LogP contribution is 2.41. The lowest BCUT2D eigenvalue weighted by molar-refractivity contribution is -0.294. The van der Waals surface area contributed by atoms with Gasteiger partial charge in [-0.1, -0.05) is 41.0 Å². The summed E-state index contributed by atoms with van der Waals surface area (Å²) in [7, 11) is 1.42. The van der Waals surface area contributed by atoms with Crippen molar-refractivity contribution in [1.29, 1.82) is 0 Å². The minimum atomic E-state index is -1.47. The van der Waals surface area contributed by atoms with Crippen molar-refractivity contribution >= 4 is 5.97 Å². The Balaban J connectivity index is 2.99. The van der Waals surface area contributed by atoms with E-state index in [0.717, 1.165) is 6.42 Å². The molecule has 0 aromatic carbocycles. The predicted molar refractivity (Wildman–Crippen MR) is 73.8 cm³/mol. The van der Waals surface area contributed by atoms with Crippen LogP contribution < -0.4 is 0 Å². The summed E-state index contributed by atoms with van der Waals surface area (Å²) in [6.45, 7) is 10.7. The molecule has 4 nitrogen and oxygen atoms in total. The summed E-state index contributed by atoms with van der Waals surface area (Å²) in [6.07, 6.45) is 1.40. The van der Waals surface area contributed by atoms with Gasteiger partial charge in [0.15, 0.2) is 0 Å². The largest absolute Gasteiger partial charge is 0.477 e. The van der Waals surface area contributed by atoms with E-state index < -0.39 is 11.8 Å². The normalized spacial score (nSPS) is 38.7. The highest BCUT2D eigenvalue weighted by Gasteiger charge is 2.51. The number of carboxylic acids is 1. The molecule has 0 aromatic rings. The first kappa shape index (κ1) is 16.4. The molecule has 1 rings (SSSR count). The maximum absolute atomic E-state index is 11.5. The first-order valence-corrected chi connectivity index (χ1v) is 7.25. The highest BCUT2D eigenvalue weighted by atomic mass is 16.7. The molecule has 1 aliphatic rings. The molecule has 0 bridgehead atoms. The molecule has 0 aliphatic carbocycles. The first-order valence-electron chi connectivity index (χ1n) is 7.25. The van der Waals surface area contributed by atoms with E-state index in [0.29, 0.717) is 24.2 Å². The van der Waals surface area contributed by atoms with E-state index >= 15 is 0 Å². The molecule has 4 unspecified atom stereocenters. The van der Waals surface area contributed by atoms with Crippen molar-refractivity contribution < 1.29 is 19.4 Å². The van der Waals surface area contributed by atoms with Gasteiger partial charge in [-0.05, 0) is 23.7 Å². The molecule has 0 spiro atoms. The number of aliphatic carboxylic acids is 1. The number of carbonyl (C=O) groups is 1. The number of hydrogen-bond donors (Lipinski definition) is 1. The molecular formula is C15H28O4. The van der Waals surface area contributed by atoms with Crippen LogP contribution in [-0.2, 0) is 14.3 Å². The SMILES string of the molecule is CC[C@@H](C)[C@@H](C)C1OC(OC)(C(=O)O)CC(C)C1C. The van der Waals surface area contributed by atoms with E-state index in [4.69, 9.17) is 9.47 Å². The fourth-order valence-corrected chi connectivity index (χ4v) is 2.95. The van der Waals surface area contributed by atoms with Crippen LogP contribution in [0.25, 0.3) is 0 Å². The van der Waals surface area contributed by atoms with Gasteiger partial charge in [0.05, 0.1) is 6.10 Å². The third-order valence-electron chi connectivity index (χ3n) is 5.05. The summed E-state index contributed by atoms with van der Waals surface area (Å²) in [4.78, 5) is 11.5. The minimum Gasteiger partial charge on any atom is -0.477 e. The van der Waals surface area contributed by atoms with Gasteiger partial charge < -0.3 is 14.6 Å². The Morgan fingerprint density at radius 3 is 2.47 bits per heavy atom. The quantitative estimate of drug-likeness (QED) is 0.835. The van der Waals surface area contributed by atoms with Crippen molar-refractivity contribution in [1.82, 2.24) is 0 Å². The smallest absolute Gasteiger partial charge is 0.364 e. The van der Waals surface area contributed by atoms with Crippen LogP contribution in [0.2, 0.25) is 0 Å². The van der Waals surface area contributed by atoms with Crippen LogP contribution >= 0.6 is 0 Å². The summed E-state index contributed by atoms with van der Waals surface area (Å²) in [5.74, 6) is -1.07. The molecule has 0 saturated carbocycles. The first-order chi connectivity index (χ1) is 8.79. The fourth-order valence-electron chi connectivity index (χ4n) is 2.95. The molecule has 19 heavy (non-hydrogen) atoms. The average Bonchev–Trinajstić information content (AvgIpc) is 2.39. The summed E-state index contributed by atoms with van der Waals surface area (Å²) < 4.78 is 11.2. The van der Waals surface area contributed by atoms with Crippen molar-refractivity contribution in [2.75, 3.05) is 7.11 Å². The maximum atomic E-state index is 11.5. The number of ether oxygens (including phenoxy) is 2. The maximum Gasteiger partial charge on any atom is 0.364 e. The fraction of sp³-hybridized carbons (Fsp3) is 0.933.